The van der Waals surface area contributed by atoms with Gasteiger partial charge >= 0.3 is 5.97 Å². The summed E-state index contributed by atoms with van der Waals surface area (Å²) in [6, 6.07) is 0. The minimum Gasteiger partial charge on any atom is -0.509 e. The van der Waals surface area contributed by atoms with Crippen molar-refractivity contribution in [2.24, 2.45) is 0 Å². The lowest BCUT2D eigenvalue weighted by atomic mass is 9.86. The van der Waals surface area contributed by atoms with Crippen molar-refractivity contribution in [1.29, 1.82) is 0 Å². The molecule has 4 heteroatoms. The van der Waals surface area contributed by atoms with Crippen LogP contribution in [0.2, 0.25) is 0 Å². The van der Waals surface area contributed by atoms with E-state index >= 15 is 0 Å². The van der Waals surface area contributed by atoms with E-state index in [2.05, 4.69) is 0 Å². The fraction of sp³-hybridized carbons (Fsp3) is 0.444. The summed E-state index contributed by atoms with van der Waals surface area (Å²) < 4.78 is 0. The van der Waals surface area contributed by atoms with Crippen LogP contribution in [0.5, 0.6) is 0 Å². The third-order valence-corrected chi connectivity index (χ3v) is 2.16. The maximum atomic E-state index is 10.7. The molecule has 0 bridgehead atoms. The van der Waals surface area contributed by atoms with Crippen molar-refractivity contribution in [3.8, 4) is 0 Å². The number of carbonyl (C=O) groups is 1. The maximum Gasteiger partial charge on any atom is 0.331 e. The van der Waals surface area contributed by atoms with E-state index in [1.807, 2.05) is 0 Å². The Balaban J connectivity index is 3.12. The molecule has 0 saturated carbocycles. The Morgan fingerprint density at radius 3 is 2.62 bits per heavy atom. The summed E-state index contributed by atoms with van der Waals surface area (Å²) in [6.45, 7) is 2.98. The largest absolute Gasteiger partial charge is 0.509 e. The van der Waals surface area contributed by atoms with E-state index in [-0.39, 0.29) is 17.8 Å². The number of hydrogen-bond donors (Lipinski definition) is 3. The van der Waals surface area contributed by atoms with Gasteiger partial charge in [0.1, 0.15) is 11.4 Å². The number of carboxylic acids is 1. The van der Waals surface area contributed by atoms with E-state index in [1.54, 1.807) is 6.92 Å². The van der Waals surface area contributed by atoms with Gasteiger partial charge in [-0.2, -0.15) is 0 Å². The molecule has 1 atom stereocenters. The summed E-state index contributed by atoms with van der Waals surface area (Å²) in [5, 5.41) is 27.6. The van der Waals surface area contributed by atoms with Gasteiger partial charge in [-0.05, 0) is 25.5 Å². The Morgan fingerprint density at radius 2 is 2.15 bits per heavy atom. The van der Waals surface area contributed by atoms with Crippen molar-refractivity contribution in [1.82, 2.24) is 0 Å². The molecule has 4 nitrogen and oxygen atoms in total. The number of carboxylic acid groups (broad SMARTS) is 1. The molecule has 0 radical (unpaired) electrons. The van der Waals surface area contributed by atoms with Crippen LogP contribution in [0.25, 0.3) is 0 Å². The van der Waals surface area contributed by atoms with Crippen molar-refractivity contribution in [2.75, 3.05) is 0 Å². The van der Waals surface area contributed by atoms with Gasteiger partial charge in [-0.1, -0.05) is 0 Å². The van der Waals surface area contributed by atoms with E-state index in [4.69, 9.17) is 5.11 Å². The van der Waals surface area contributed by atoms with Crippen molar-refractivity contribution in [2.45, 2.75) is 25.9 Å². The van der Waals surface area contributed by atoms with Crippen LogP contribution in [0, 0.1) is 0 Å². The minimum atomic E-state index is -1.45. The van der Waals surface area contributed by atoms with Crippen LogP contribution in [0.4, 0.5) is 0 Å². The molecule has 0 heterocycles. The third-order valence-electron chi connectivity index (χ3n) is 2.16. The first-order valence-corrected chi connectivity index (χ1v) is 3.91. The monoisotopic (exact) mass is 184 g/mol. The molecule has 0 amide bonds. The Labute approximate surface area is 75.8 Å². The van der Waals surface area contributed by atoms with Crippen LogP contribution in [0.3, 0.4) is 0 Å². The lowest BCUT2D eigenvalue weighted by Crippen LogP contribution is -2.32. The average Bonchev–Trinajstić information content (AvgIpc) is 1.97. The maximum absolute atomic E-state index is 10.7. The minimum absolute atomic E-state index is 0.0590. The Bertz CT molecular complexity index is 310. The highest BCUT2D eigenvalue weighted by atomic mass is 16.4. The zero-order valence-corrected chi connectivity index (χ0v) is 7.53. The second-order valence-corrected chi connectivity index (χ2v) is 3.45. The molecular formula is C9H12O4. The van der Waals surface area contributed by atoms with Crippen LogP contribution in [-0.4, -0.2) is 26.9 Å². The van der Waals surface area contributed by atoms with E-state index in [0.717, 1.165) is 0 Å². The van der Waals surface area contributed by atoms with Crippen LogP contribution < -0.4 is 0 Å². The van der Waals surface area contributed by atoms with Gasteiger partial charge in [0.05, 0.1) is 0 Å². The lowest BCUT2D eigenvalue weighted by Gasteiger charge is -2.27. The SMILES string of the molecule is CC1=C(C(=O)O)CC(C)(O)C(O)=C1. The van der Waals surface area contributed by atoms with Crippen LogP contribution in [0.15, 0.2) is 23.0 Å². The molecule has 0 aromatic rings. The predicted molar refractivity (Wildman–Crippen MR) is 46.3 cm³/mol. The summed E-state index contributed by atoms with van der Waals surface area (Å²) in [5.74, 6) is -1.24. The number of aliphatic carboxylic acids is 1. The molecule has 72 valence electrons. The van der Waals surface area contributed by atoms with Crippen molar-refractivity contribution >= 4 is 5.97 Å². The fourth-order valence-corrected chi connectivity index (χ4v) is 1.27. The van der Waals surface area contributed by atoms with Gasteiger partial charge in [-0.3, -0.25) is 0 Å². The molecule has 3 N–H and O–H groups in total. The van der Waals surface area contributed by atoms with Crippen LogP contribution in [-0.2, 0) is 4.79 Å². The van der Waals surface area contributed by atoms with E-state index in [0.29, 0.717) is 5.57 Å². The van der Waals surface area contributed by atoms with Gasteiger partial charge in [0.2, 0.25) is 0 Å². The first kappa shape index (κ1) is 9.80. The zero-order valence-electron chi connectivity index (χ0n) is 7.53. The summed E-state index contributed by atoms with van der Waals surface area (Å²) >= 11 is 0. The van der Waals surface area contributed by atoms with Gasteiger partial charge < -0.3 is 15.3 Å². The summed E-state index contributed by atoms with van der Waals surface area (Å²) in [7, 11) is 0. The first-order valence-electron chi connectivity index (χ1n) is 3.91. The molecular weight excluding hydrogens is 172 g/mol. The van der Waals surface area contributed by atoms with Gasteiger partial charge in [-0.15, -0.1) is 0 Å². The second kappa shape index (κ2) is 2.88. The number of hydrogen-bond acceptors (Lipinski definition) is 3. The average molecular weight is 184 g/mol. The van der Waals surface area contributed by atoms with Gasteiger partial charge in [-0.25, -0.2) is 4.79 Å². The standard InChI is InChI=1S/C9H12O4/c1-5-3-7(10)9(2,13)4-6(5)8(11)12/h3,10,13H,4H2,1-2H3,(H,11,12). The smallest absolute Gasteiger partial charge is 0.331 e. The van der Waals surface area contributed by atoms with E-state index < -0.39 is 11.6 Å². The molecule has 1 aliphatic carbocycles. The number of aliphatic hydroxyl groups excluding tert-OH is 1. The van der Waals surface area contributed by atoms with E-state index in [1.165, 1.54) is 13.0 Å². The normalized spacial score (nSPS) is 28.7. The fourth-order valence-electron chi connectivity index (χ4n) is 1.27. The third kappa shape index (κ3) is 1.72. The Kier molecular flexibility index (Phi) is 2.17. The topological polar surface area (TPSA) is 77.8 Å². The quantitative estimate of drug-likeness (QED) is 0.567. The summed E-state index contributed by atoms with van der Waals surface area (Å²) in [6.07, 6.45) is 1.23. The van der Waals surface area contributed by atoms with Gasteiger partial charge in [0.25, 0.3) is 0 Å². The van der Waals surface area contributed by atoms with Crippen molar-refractivity contribution in [3.63, 3.8) is 0 Å². The van der Waals surface area contributed by atoms with Crippen molar-refractivity contribution < 1.29 is 20.1 Å². The highest BCUT2D eigenvalue weighted by molar-refractivity contribution is 5.88. The molecule has 0 aliphatic heterocycles. The highest BCUT2D eigenvalue weighted by Gasteiger charge is 2.33. The first-order chi connectivity index (χ1) is 5.84. The number of allylic oxidation sites excluding steroid dienone is 2. The highest BCUT2D eigenvalue weighted by Crippen LogP contribution is 2.30. The predicted octanol–water partition coefficient (Wildman–Crippen LogP) is 0.984. The van der Waals surface area contributed by atoms with Gasteiger partial charge in [0, 0.05) is 12.0 Å². The lowest BCUT2D eigenvalue weighted by molar-refractivity contribution is -0.133. The molecule has 1 unspecified atom stereocenters. The molecule has 13 heavy (non-hydrogen) atoms. The second-order valence-electron chi connectivity index (χ2n) is 3.45. The van der Waals surface area contributed by atoms with Crippen molar-refractivity contribution in [3.05, 3.63) is 23.0 Å². The summed E-state index contributed by atoms with van der Waals surface area (Å²) in [5.41, 5.74) is -0.827. The molecule has 0 saturated heterocycles. The van der Waals surface area contributed by atoms with Gasteiger partial charge in [0.15, 0.2) is 0 Å². The van der Waals surface area contributed by atoms with E-state index in [9.17, 15) is 15.0 Å². The molecule has 0 aromatic heterocycles. The Morgan fingerprint density at radius 1 is 1.62 bits per heavy atom. The molecule has 0 fully saturated rings. The molecule has 1 rings (SSSR count). The molecule has 0 spiro atoms. The molecule has 1 aliphatic rings. The van der Waals surface area contributed by atoms with Crippen LogP contribution in [0.1, 0.15) is 20.3 Å². The molecule has 0 aromatic carbocycles. The number of aliphatic hydroxyl groups is 2. The Hall–Kier alpha value is -1.29. The summed E-state index contributed by atoms with van der Waals surface area (Å²) in [4.78, 5) is 10.7. The van der Waals surface area contributed by atoms with Crippen LogP contribution >= 0.6 is 0 Å². The number of rotatable bonds is 1. The zero-order chi connectivity index (χ0) is 10.2.